The maximum atomic E-state index is 13.3. The topological polar surface area (TPSA) is 98.7 Å². The fraction of sp³-hybridized carbons (Fsp3) is 0.235. The molecule has 1 fully saturated rings. The zero-order valence-corrected chi connectivity index (χ0v) is 15.8. The quantitative estimate of drug-likeness (QED) is 0.719. The van der Waals surface area contributed by atoms with Gasteiger partial charge in [-0.05, 0) is 42.3 Å². The Morgan fingerprint density at radius 1 is 1.33 bits per heavy atom. The van der Waals surface area contributed by atoms with Gasteiger partial charge in [0.05, 0.1) is 11.1 Å². The molecule has 0 radical (unpaired) electrons. The van der Waals surface area contributed by atoms with Gasteiger partial charge in [-0.3, -0.25) is 4.79 Å². The Morgan fingerprint density at radius 3 is 2.74 bits per heavy atom. The van der Waals surface area contributed by atoms with Crippen molar-refractivity contribution in [3.8, 4) is 5.75 Å². The Morgan fingerprint density at radius 2 is 2.07 bits per heavy atom. The number of amides is 1. The van der Waals surface area contributed by atoms with Crippen LogP contribution in [-0.4, -0.2) is 36.8 Å². The van der Waals surface area contributed by atoms with Gasteiger partial charge < -0.3 is 10.4 Å². The number of aromatic hydroxyl groups is 1. The van der Waals surface area contributed by atoms with E-state index in [0.29, 0.717) is 5.56 Å². The summed E-state index contributed by atoms with van der Waals surface area (Å²) in [5.74, 6) is -1.21. The van der Waals surface area contributed by atoms with E-state index >= 15 is 0 Å². The molecule has 7 nitrogen and oxygen atoms in total. The van der Waals surface area contributed by atoms with Crippen LogP contribution in [0, 0.1) is 5.82 Å². The van der Waals surface area contributed by atoms with Gasteiger partial charge in [0.25, 0.3) is 10.2 Å². The van der Waals surface area contributed by atoms with Crippen LogP contribution < -0.4 is 10.0 Å². The van der Waals surface area contributed by atoms with Gasteiger partial charge in [-0.1, -0.05) is 23.7 Å². The standard InChI is InChI=1S/C17H17ClFN3O4S/c1-22-16(17(24)20-11-5-6-14(19)13(18)8-11)9-15(21-27(22,25)26)10-3-2-4-12(23)7-10/h2-8,15-16,21,23H,9H2,1H3,(H,20,24)/t15-,16+/m1/s1. The van der Waals surface area contributed by atoms with Gasteiger partial charge in [0.2, 0.25) is 5.91 Å². The molecule has 2 aromatic rings. The molecule has 1 aliphatic heterocycles. The number of halogens is 2. The molecule has 0 aromatic heterocycles. The van der Waals surface area contributed by atoms with Crippen molar-refractivity contribution in [2.75, 3.05) is 12.4 Å². The van der Waals surface area contributed by atoms with Gasteiger partial charge in [-0.15, -0.1) is 0 Å². The highest BCUT2D eigenvalue weighted by molar-refractivity contribution is 7.87. The van der Waals surface area contributed by atoms with E-state index in [1.54, 1.807) is 12.1 Å². The van der Waals surface area contributed by atoms with Gasteiger partial charge in [0, 0.05) is 12.7 Å². The Balaban J connectivity index is 1.85. The number of hydrogen-bond donors (Lipinski definition) is 3. The smallest absolute Gasteiger partial charge is 0.280 e. The van der Waals surface area contributed by atoms with Crippen molar-refractivity contribution in [2.24, 2.45) is 0 Å². The molecule has 0 bridgehead atoms. The number of phenols is 1. The first-order valence-electron chi connectivity index (χ1n) is 7.97. The third kappa shape index (κ3) is 4.22. The molecule has 0 spiro atoms. The molecule has 27 heavy (non-hydrogen) atoms. The zero-order valence-electron chi connectivity index (χ0n) is 14.2. The first kappa shape index (κ1) is 19.6. The normalized spacial score (nSPS) is 22.3. The summed E-state index contributed by atoms with van der Waals surface area (Å²) in [6.45, 7) is 0. The van der Waals surface area contributed by atoms with Crippen LogP contribution in [0.1, 0.15) is 18.0 Å². The number of carbonyl (C=O) groups excluding carboxylic acids is 1. The van der Waals surface area contributed by atoms with Crippen molar-refractivity contribution in [2.45, 2.75) is 18.5 Å². The van der Waals surface area contributed by atoms with Crippen molar-refractivity contribution in [3.63, 3.8) is 0 Å². The van der Waals surface area contributed by atoms with E-state index in [-0.39, 0.29) is 22.9 Å². The number of carbonyl (C=O) groups is 1. The number of anilines is 1. The highest BCUT2D eigenvalue weighted by Crippen LogP contribution is 2.30. The molecule has 1 heterocycles. The predicted molar refractivity (Wildman–Crippen MR) is 99.1 cm³/mol. The summed E-state index contributed by atoms with van der Waals surface area (Å²) in [5.41, 5.74) is 0.791. The molecule has 3 N–H and O–H groups in total. The van der Waals surface area contributed by atoms with E-state index in [1.165, 1.54) is 31.3 Å². The van der Waals surface area contributed by atoms with Gasteiger partial charge in [0.15, 0.2) is 0 Å². The summed E-state index contributed by atoms with van der Waals surface area (Å²) in [4.78, 5) is 12.7. The fourth-order valence-electron chi connectivity index (χ4n) is 2.87. The lowest BCUT2D eigenvalue weighted by molar-refractivity contribution is -0.120. The number of nitrogens with zero attached hydrogens (tertiary/aromatic N) is 1. The molecular weight excluding hydrogens is 397 g/mol. The second-order valence-electron chi connectivity index (χ2n) is 6.16. The van der Waals surface area contributed by atoms with Gasteiger partial charge in [-0.2, -0.15) is 17.4 Å². The number of rotatable bonds is 3. The number of benzene rings is 2. The number of hydrogen-bond acceptors (Lipinski definition) is 4. The van der Waals surface area contributed by atoms with Crippen LogP contribution in [-0.2, 0) is 15.0 Å². The molecule has 10 heteroatoms. The molecule has 0 aliphatic carbocycles. The van der Waals surface area contributed by atoms with Gasteiger partial charge in [-0.25, -0.2) is 4.39 Å². The number of likely N-dealkylation sites (N-methyl/N-ethyl adjacent to an activating group) is 1. The van der Waals surface area contributed by atoms with Crippen LogP contribution >= 0.6 is 11.6 Å². The first-order valence-corrected chi connectivity index (χ1v) is 9.79. The van der Waals surface area contributed by atoms with Crippen LogP contribution in [0.2, 0.25) is 5.02 Å². The second kappa shape index (κ2) is 7.43. The lowest BCUT2D eigenvalue weighted by atomic mass is 9.99. The number of nitrogens with one attached hydrogen (secondary N) is 2. The largest absolute Gasteiger partial charge is 0.508 e. The molecule has 2 aromatic carbocycles. The maximum Gasteiger partial charge on any atom is 0.280 e. The van der Waals surface area contributed by atoms with E-state index in [1.807, 2.05) is 0 Å². The van der Waals surface area contributed by atoms with Crippen LogP contribution in [0.4, 0.5) is 10.1 Å². The summed E-state index contributed by atoms with van der Waals surface area (Å²) in [6.07, 6.45) is 0.139. The summed E-state index contributed by atoms with van der Waals surface area (Å²) < 4.78 is 41.5. The lowest BCUT2D eigenvalue weighted by Crippen LogP contribution is -2.55. The Labute approximate surface area is 160 Å². The van der Waals surface area contributed by atoms with E-state index < -0.39 is 34.0 Å². The molecule has 1 saturated heterocycles. The average molecular weight is 414 g/mol. The molecule has 0 saturated carbocycles. The predicted octanol–water partition coefficient (Wildman–Crippen LogP) is 2.40. The molecule has 0 unspecified atom stereocenters. The van der Waals surface area contributed by atoms with Crippen LogP contribution in [0.25, 0.3) is 0 Å². The highest BCUT2D eigenvalue weighted by atomic mass is 35.5. The average Bonchev–Trinajstić information content (AvgIpc) is 2.60. The summed E-state index contributed by atoms with van der Waals surface area (Å²) in [5, 5.41) is 12.0. The van der Waals surface area contributed by atoms with Gasteiger partial charge >= 0.3 is 0 Å². The van der Waals surface area contributed by atoms with Crippen molar-refractivity contribution >= 4 is 33.4 Å². The zero-order chi connectivity index (χ0) is 19.8. The van der Waals surface area contributed by atoms with Gasteiger partial charge in [0.1, 0.15) is 17.6 Å². The SMILES string of the molecule is CN1[C@H](C(=O)Nc2ccc(F)c(Cl)c2)C[C@H](c2cccc(O)c2)NS1(=O)=O. The summed E-state index contributed by atoms with van der Waals surface area (Å²) in [7, 11) is -2.62. The van der Waals surface area contributed by atoms with Crippen molar-refractivity contribution < 1.29 is 22.7 Å². The van der Waals surface area contributed by atoms with Crippen molar-refractivity contribution in [3.05, 3.63) is 58.9 Å². The Bertz CT molecular complexity index is 986. The lowest BCUT2D eigenvalue weighted by Gasteiger charge is -2.36. The second-order valence-corrected chi connectivity index (χ2v) is 8.33. The fourth-order valence-corrected chi connectivity index (χ4v) is 4.32. The minimum atomic E-state index is -3.92. The van der Waals surface area contributed by atoms with Crippen molar-refractivity contribution in [1.82, 2.24) is 9.03 Å². The monoisotopic (exact) mass is 413 g/mol. The van der Waals surface area contributed by atoms with Crippen LogP contribution in [0.15, 0.2) is 42.5 Å². The van der Waals surface area contributed by atoms with Crippen LogP contribution in [0.3, 0.4) is 0 Å². The van der Waals surface area contributed by atoms with E-state index in [2.05, 4.69) is 10.0 Å². The first-order chi connectivity index (χ1) is 12.7. The van der Waals surface area contributed by atoms with E-state index in [9.17, 15) is 22.7 Å². The third-order valence-corrected chi connectivity index (χ3v) is 6.22. The van der Waals surface area contributed by atoms with E-state index in [0.717, 1.165) is 10.4 Å². The minimum absolute atomic E-state index is 0.00687. The highest BCUT2D eigenvalue weighted by Gasteiger charge is 2.40. The summed E-state index contributed by atoms with van der Waals surface area (Å²) >= 11 is 5.71. The van der Waals surface area contributed by atoms with Crippen LogP contribution in [0.5, 0.6) is 5.75 Å². The van der Waals surface area contributed by atoms with Crippen molar-refractivity contribution in [1.29, 1.82) is 0 Å². The molecule has 3 rings (SSSR count). The molecule has 2 atom stereocenters. The summed E-state index contributed by atoms with van der Waals surface area (Å²) in [6, 6.07) is 8.15. The molecular formula is C17H17ClFN3O4S. The molecule has 144 valence electrons. The molecule has 1 aliphatic rings. The number of phenolic OH excluding ortho intramolecular Hbond substituents is 1. The third-order valence-electron chi connectivity index (χ3n) is 4.33. The Kier molecular flexibility index (Phi) is 5.38. The van der Waals surface area contributed by atoms with E-state index in [4.69, 9.17) is 11.6 Å². The molecule has 1 amide bonds. The minimum Gasteiger partial charge on any atom is -0.508 e. The maximum absolute atomic E-state index is 13.3. The Hall–Kier alpha value is -2.20.